The molecule has 0 saturated heterocycles. The molecule has 4 heteroatoms. The molecule has 104 valence electrons. The molecule has 2 N–H and O–H groups in total. The van der Waals surface area contributed by atoms with Crippen molar-refractivity contribution in [1.29, 1.82) is 0 Å². The fraction of sp³-hybridized carbons (Fsp3) is 0.188. The van der Waals surface area contributed by atoms with Gasteiger partial charge in [0, 0.05) is 11.0 Å². The van der Waals surface area contributed by atoms with Gasteiger partial charge in [-0.3, -0.25) is 4.79 Å². The van der Waals surface area contributed by atoms with Crippen molar-refractivity contribution in [3.63, 3.8) is 0 Å². The summed E-state index contributed by atoms with van der Waals surface area (Å²) in [7, 11) is 0. The normalized spacial score (nSPS) is 10.3. The van der Waals surface area contributed by atoms with Crippen LogP contribution in [0.1, 0.15) is 27.0 Å². The van der Waals surface area contributed by atoms with E-state index in [1.54, 1.807) is 0 Å². The van der Waals surface area contributed by atoms with Crippen molar-refractivity contribution in [2.45, 2.75) is 20.1 Å². The van der Waals surface area contributed by atoms with Crippen molar-refractivity contribution >= 4 is 21.8 Å². The quantitative estimate of drug-likeness (QED) is 0.902. The Morgan fingerprint density at radius 3 is 2.45 bits per heavy atom. The predicted octanol–water partition coefficient (Wildman–Crippen LogP) is 3.18. The molecule has 0 radical (unpaired) electrons. The molecule has 3 nitrogen and oxygen atoms in total. The van der Waals surface area contributed by atoms with E-state index in [4.69, 9.17) is 5.11 Å². The van der Waals surface area contributed by atoms with E-state index >= 15 is 0 Å². The van der Waals surface area contributed by atoms with E-state index in [1.165, 1.54) is 0 Å². The van der Waals surface area contributed by atoms with E-state index in [0.717, 1.165) is 21.2 Å². The highest BCUT2D eigenvalue weighted by Crippen LogP contribution is 2.18. The Morgan fingerprint density at radius 2 is 1.80 bits per heavy atom. The zero-order chi connectivity index (χ0) is 14.5. The molecule has 0 aliphatic carbocycles. The first kappa shape index (κ1) is 14.8. The van der Waals surface area contributed by atoms with Crippen LogP contribution in [0.15, 0.2) is 46.9 Å². The van der Waals surface area contributed by atoms with Gasteiger partial charge in [0.2, 0.25) is 0 Å². The molecule has 1 amide bonds. The number of amides is 1. The van der Waals surface area contributed by atoms with Crippen molar-refractivity contribution < 1.29 is 9.90 Å². The minimum Gasteiger partial charge on any atom is -0.392 e. The molecule has 20 heavy (non-hydrogen) atoms. The van der Waals surface area contributed by atoms with Gasteiger partial charge in [0.1, 0.15) is 0 Å². The van der Waals surface area contributed by atoms with E-state index in [2.05, 4.69) is 21.2 Å². The van der Waals surface area contributed by atoms with Crippen LogP contribution in [-0.4, -0.2) is 11.0 Å². The average molecular weight is 334 g/mol. The van der Waals surface area contributed by atoms with Gasteiger partial charge < -0.3 is 10.4 Å². The molecular weight excluding hydrogens is 318 g/mol. The Morgan fingerprint density at radius 1 is 1.15 bits per heavy atom. The standard InChI is InChI=1S/C16H16BrNO2/c1-11-2-7-15(17)14(8-11)16(20)18-9-12-3-5-13(10-19)6-4-12/h2-8,19H,9-10H2,1H3,(H,18,20). The van der Waals surface area contributed by atoms with Crippen molar-refractivity contribution in [2.75, 3.05) is 0 Å². The number of rotatable bonds is 4. The summed E-state index contributed by atoms with van der Waals surface area (Å²) in [6.45, 7) is 2.45. The lowest BCUT2D eigenvalue weighted by atomic mass is 10.1. The first-order chi connectivity index (χ1) is 9.60. The first-order valence-electron chi connectivity index (χ1n) is 6.33. The Labute approximate surface area is 126 Å². The highest BCUT2D eigenvalue weighted by Gasteiger charge is 2.09. The predicted molar refractivity (Wildman–Crippen MR) is 82.4 cm³/mol. The lowest BCUT2D eigenvalue weighted by Gasteiger charge is -2.08. The fourth-order valence-electron chi connectivity index (χ4n) is 1.85. The largest absolute Gasteiger partial charge is 0.392 e. The fourth-order valence-corrected chi connectivity index (χ4v) is 2.28. The summed E-state index contributed by atoms with van der Waals surface area (Å²) in [5.74, 6) is -0.105. The van der Waals surface area contributed by atoms with Gasteiger partial charge in [-0.1, -0.05) is 35.9 Å². The molecule has 2 rings (SSSR count). The third-order valence-electron chi connectivity index (χ3n) is 3.03. The van der Waals surface area contributed by atoms with E-state index in [0.29, 0.717) is 12.1 Å². The van der Waals surface area contributed by atoms with Crippen LogP contribution < -0.4 is 5.32 Å². The van der Waals surface area contributed by atoms with Crippen LogP contribution in [0.3, 0.4) is 0 Å². The smallest absolute Gasteiger partial charge is 0.252 e. The van der Waals surface area contributed by atoms with Crippen molar-refractivity contribution in [3.05, 3.63) is 69.2 Å². The van der Waals surface area contributed by atoms with Gasteiger partial charge in [-0.15, -0.1) is 0 Å². The number of hydrogen-bond acceptors (Lipinski definition) is 2. The summed E-state index contributed by atoms with van der Waals surface area (Å²) >= 11 is 3.39. The van der Waals surface area contributed by atoms with E-state index in [9.17, 15) is 4.79 Å². The summed E-state index contributed by atoms with van der Waals surface area (Å²) < 4.78 is 0.788. The molecule has 0 saturated carbocycles. The summed E-state index contributed by atoms with van der Waals surface area (Å²) in [5.41, 5.74) is 3.54. The number of hydrogen-bond donors (Lipinski definition) is 2. The van der Waals surface area contributed by atoms with Gasteiger partial charge in [0.05, 0.1) is 12.2 Å². The SMILES string of the molecule is Cc1ccc(Br)c(C(=O)NCc2ccc(CO)cc2)c1. The molecule has 0 aliphatic rings. The zero-order valence-corrected chi connectivity index (χ0v) is 12.8. The Kier molecular flexibility index (Phi) is 4.93. The minimum atomic E-state index is -0.105. The van der Waals surface area contributed by atoms with Crippen molar-refractivity contribution in [1.82, 2.24) is 5.32 Å². The molecule has 0 fully saturated rings. The highest BCUT2D eigenvalue weighted by atomic mass is 79.9. The highest BCUT2D eigenvalue weighted by molar-refractivity contribution is 9.10. The Balaban J connectivity index is 2.02. The number of carbonyl (C=O) groups is 1. The van der Waals surface area contributed by atoms with Crippen LogP contribution in [0.25, 0.3) is 0 Å². The Bertz CT molecular complexity index is 608. The van der Waals surface area contributed by atoms with Crippen molar-refractivity contribution in [3.8, 4) is 0 Å². The third kappa shape index (κ3) is 3.68. The zero-order valence-electron chi connectivity index (χ0n) is 11.2. The molecule has 2 aromatic carbocycles. The number of aliphatic hydroxyl groups is 1. The van der Waals surface area contributed by atoms with Gasteiger partial charge in [0.15, 0.2) is 0 Å². The first-order valence-corrected chi connectivity index (χ1v) is 7.12. The number of benzene rings is 2. The van der Waals surface area contributed by atoms with Gasteiger partial charge >= 0.3 is 0 Å². The summed E-state index contributed by atoms with van der Waals surface area (Å²) in [6, 6.07) is 13.2. The van der Waals surface area contributed by atoms with E-state index in [-0.39, 0.29) is 12.5 Å². The Hall–Kier alpha value is -1.65. The van der Waals surface area contributed by atoms with Gasteiger partial charge in [-0.05, 0) is 46.1 Å². The van der Waals surface area contributed by atoms with Crippen LogP contribution in [0.2, 0.25) is 0 Å². The van der Waals surface area contributed by atoms with Crippen LogP contribution in [-0.2, 0) is 13.2 Å². The maximum Gasteiger partial charge on any atom is 0.252 e. The van der Waals surface area contributed by atoms with Crippen molar-refractivity contribution in [2.24, 2.45) is 0 Å². The lowest BCUT2D eigenvalue weighted by Crippen LogP contribution is -2.23. The molecule has 0 aliphatic heterocycles. The number of nitrogens with one attached hydrogen (secondary N) is 1. The van der Waals surface area contributed by atoms with Gasteiger partial charge in [-0.25, -0.2) is 0 Å². The molecule has 0 heterocycles. The monoisotopic (exact) mass is 333 g/mol. The van der Waals surface area contributed by atoms with Gasteiger partial charge in [-0.2, -0.15) is 0 Å². The second-order valence-electron chi connectivity index (χ2n) is 4.64. The van der Waals surface area contributed by atoms with E-state index in [1.807, 2.05) is 49.4 Å². The topological polar surface area (TPSA) is 49.3 Å². The second kappa shape index (κ2) is 6.68. The molecule has 0 spiro atoms. The number of halogens is 1. The second-order valence-corrected chi connectivity index (χ2v) is 5.49. The average Bonchev–Trinajstić information content (AvgIpc) is 2.47. The third-order valence-corrected chi connectivity index (χ3v) is 3.72. The molecule has 0 aromatic heterocycles. The maximum absolute atomic E-state index is 12.1. The van der Waals surface area contributed by atoms with Gasteiger partial charge in [0.25, 0.3) is 5.91 Å². The van der Waals surface area contributed by atoms with Crippen LogP contribution in [0.5, 0.6) is 0 Å². The minimum absolute atomic E-state index is 0.0306. The number of aliphatic hydroxyl groups excluding tert-OH is 1. The maximum atomic E-state index is 12.1. The summed E-state index contributed by atoms with van der Waals surface area (Å²) in [5, 5.41) is 11.9. The van der Waals surface area contributed by atoms with Crippen LogP contribution in [0.4, 0.5) is 0 Å². The summed E-state index contributed by atoms with van der Waals surface area (Å²) in [4.78, 5) is 12.1. The van der Waals surface area contributed by atoms with E-state index < -0.39 is 0 Å². The van der Waals surface area contributed by atoms with Crippen LogP contribution in [0, 0.1) is 6.92 Å². The molecule has 0 unspecified atom stereocenters. The molecular formula is C16H16BrNO2. The number of aryl methyl sites for hydroxylation is 1. The molecule has 0 atom stereocenters. The van der Waals surface area contributed by atoms with Crippen LogP contribution >= 0.6 is 15.9 Å². The summed E-state index contributed by atoms with van der Waals surface area (Å²) in [6.07, 6.45) is 0. The molecule has 0 bridgehead atoms. The molecule has 2 aromatic rings. The lowest BCUT2D eigenvalue weighted by molar-refractivity contribution is 0.0950. The number of carbonyl (C=O) groups excluding carboxylic acids is 1.